The third-order valence-corrected chi connectivity index (χ3v) is 4.80. The largest absolute Gasteiger partial charge is 0.496 e. The number of hydrogen-bond acceptors (Lipinski definition) is 4. The lowest BCUT2D eigenvalue weighted by Crippen LogP contribution is -2.36. The predicted octanol–water partition coefficient (Wildman–Crippen LogP) is 4.12. The van der Waals surface area contributed by atoms with Gasteiger partial charge in [-0.05, 0) is 47.4 Å². The Bertz CT molecular complexity index is 1020. The van der Waals surface area contributed by atoms with Crippen molar-refractivity contribution >= 4 is 22.6 Å². The number of ether oxygens (including phenoxy) is 2. The first-order chi connectivity index (χ1) is 14.0. The monoisotopic (exact) mass is 391 g/mol. The Morgan fingerprint density at radius 1 is 1.03 bits per heavy atom. The summed E-state index contributed by atoms with van der Waals surface area (Å²) in [5.74, 6) is -0.00752. The molecule has 5 heteroatoms. The molecule has 3 aromatic carbocycles. The minimum Gasteiger partial charge on any atom is -0.496 e. The van der Waals surface area contributed by atoms with E-state index in [4.69, 9.17) is 9.47 Å². The summed E-state index contributed by atoms with van der Waals surface area (Å²) in [5.41, 5.74) is 2.53. The van der Waals surface area contributed by atoms with Crippen molar-refractivity contribution in [1.82, 2.24) is 5.32 Å². The minimum absolute atomic E-state index is 0.136. The van der Waals surface area contributed by atoms with Crippen LogP contribution in [0.15, 0.2) is 60.7 Å². The van der Waals surface area contributed by atoms with Crippen molar-refractivity contribution in [2.45, 2.75) is 26.3 Å². The number of fused-ring (bicyclic) bond motifs is 1. The van der Waals surface area contributed by atoms with Crippen molar-refractivity contribution in [2.75, 3.05) is 13.7 Å². The molecule has 1 N–H and O–H groups in total. The number of esters is 1. The molecule has 0 bridgehead atoms. The zero-order valence-electron chi connectivity index (χ0n) is 16.9. The topological polar surface area (TPSA) is 64.6 Å². The van der Waals surface area contributed by atoms with Gasteiger partial charge in [0.15, 0.2) is 6.04 Å². The summed E-state index contributed by atoms with van der Waals surface area (Å²) in [6, 6.07) is 18.2. The minimum atomic E-state index is -0.874. The van der Waals surface area contributed by atoms with Crippen molar-refractivity contribution < 1.29 is 19.1 Å². The van der Waals surface area contributed by atoms with E-state index >= 15 is 0 Å². The summed E-state index contributed by atoms with van der Waals surface area (Å²) in [5, 5.41) is 4.76. The number of nitrogens with one attached hydrogen (secondary N) is 1. The van der Waals surface area contributed by atoms with E-state index in [1.807, 2.05) is 67.6 Å². The van der Waals surface area contributed by atoms with Crippen LogP contribution in [0.1, 0.15) is 29.7 Å². The summed E-state index contributed by atoms with van der Waals surface area (Å²) in [6.45, 7) is 3.93. The van der Waals surface area contributed by atoms with Crippen LogP contribution in [0.3, 0.4) is 0 Å². The molecular formula is C24H25NO4. The van der Waals surface area contributed by atoms with Crippen LogP contribution in [0.2, 0.25) is 0 Å². The molecule has 0 saturated carbocycles. The molecule has 0 saturated heterocycles. The number of amides is 1. The first-order valence-electron chi connectivity index (χ1n) is 9.60. The standard InChI is InChI=1S/C24H25NO4/c1-4-29-24(27)23(20-11-7-9-18-8-5-6-10-19(18)20)25-22(26)15-17-13-12-16(2)21(14-17)28-3/h5-14,23H,4,15H2,1-3H3,(H,25,26). The lowest BCUT2D eigenvalue weighted by atomic mass is 9.98. The zero-order valence-corrected chi connectivity index (χ0v) is 16.9. The molecule has 0 radical (unpaired) electrons. The Kier molecular flexibility index (Phi) is 6.50. The van der Waals surface area contributed by atoms with Crippen molar-refractivity contribution in [3.8, 4) is 5.75 Å². The van der Waals surface area contributed by atoms with E-state index < -0.39 is 12.0 Å². The molecule has 0 aliphatic rings. The van der Waals surface area contributed by atoms with Crippen LogP contribution < -0.4 is 10.1 Å². The first-order valence-corrected chi connectivity index (χ1v) is 9.60. The number of methoxy groups -OCH3 is 1. The lowest BCUT2D eigenvalue weighted by molar-refractivity contribution is -0.147. The summed E-state index contributed by atoms with van der Waals surface area (Å²) in [6.07, 6.45) is 0.136. The van der Waals surface area contributed by atoms with Gasteiger partial charge in [-0.1, -0.05) is 54.6 Å². The van der Waals surface area contributed by atoms with Crippen molar-refractivity contribution in [1.29, 1.82) is 0 Å². The van der Waals surface area contributed by atoms with Gasteiger partial charge in [-0.3, -0.25) is 4.79 Å². The fourth-order valence-corrected chi connectivity index (χ4v) is 3.36. The van der Waals surface area contributed by atoms with Crippen LogP contribution >= 0.6 is 0 Å². The summed E-state index contributed by atoms with van der Waals surface area (Å²) < 4.78 is 10.6. The van der Waals surface area contributed by atoms with E-state index in [0.29, 0.717) is 0 Å². The maximum absolute atomic E-state index is 12.8. The van der Waals surface area contributed by atoms with Gasteiger partial charge < -0.3 is 14.8 Å². The second kappa shape index (κ2) is 9.24. The second-order valence-corrected chi connectivity index (χ2v) is 6.80. The molecule has 0 fully saturated rings. The number of carbonyl (C=O) groups excluding carboxylic acids is 2. The lowest BCUT2D eigenvalue weighted by Gasteiger charge is -2.19. The Labute approximate surface area is 170 Å². The van der Waals surface area contributed by atoms with Gasteiger partial charge in [-0.25, -0.2) is 4.79 Å². The van der Waals surface area contributed by atoms with Gasteiger partial charge in [-0.2, -0.15) is 0 Å². The Hall–Kier alpha value is -3.34. The fraction of sp³-hybridized carbons (Fsp3) is 0.250. The van der Waals surface area contributed by atoms with Crippen LogP contribution in [0.4, 0.5) is 0 Å². The second-order valence-electron chi connectivity index (χ2n) is 6.80. The molecule has 1 unspecified atom stereocenters. The van der Waals surface area contributed by atoms with Crippen LogP contribution in [-0.2, 0) is 20.7 Å². The molecule has 150 valence electrons. The maximum atomic E-state index is 12.8. The van der Waals surface area contributed by atoms with Crippen LogP contribution in [0.25, 0.3) is 10.8 Å². The third kappa shape index (κ3) is 4.74. The highest BCUT2D eigenvalue weighted by Crippen LogP contribution is 2.26. The number of rotatable bonds is 7. The molecule has 0 heterocycles. The van der Waals surface area contributed by atoms with Gasteiger partial charge in [0.05, 0.1) is 20.1 Å². The van der Waals surface area contributed by atoms with Gasteiger partial charge in [-0.15, -0.1) is 0 Å². The normalized spacial score (nSPS) is 11.7. The summed E-state index contributed by atoms with van der Waals surface area (Å²) in [4.78, 5) is 25.4. The van der Waals surface area contributed by atoms with Crippen LogP contribution in [-0.4, -0.2) is 25.6 Å². The molecule has 3 aromatic rings. The van der Waals surface area contributed by atoms with Crippen molar-refractivity contribution in [2.24, 2.45) is 0 Å². The molecular weight excluding hydrogens is 366 g/mol. The Morgan fingerprint density at radius 2 is 1.79 bits per heavy atom. The van der Waals surface area contributed by atoms with Crippen LogP contribution in [0, 0.1) is 6.92 Å². The average Bonchev–Trinajstić information content (AvgIpc) is 2.73. The smallest absolute Gasteiger partial charge is 0.333 e. The number of benzene rings is 3. The van der Waals surface area contributed by atoms with Gasteiger partial charge in [0, 0.05) is 0 Å². The molecule has 0 aromatic heterocycles. The highest BCUT2D eigenvalue weighted by molar-refractivity contribution is 5.93. The van der Waals surface area contributed by atoms with Gasteiger partial charge in [0.1, 0.15) is 5.75 Å². The molecule has 0 aliphatic carbocycles. The van der Waals surface area contributed by atoms with Crippen molar-refractivity contribution in [3.05, 3.63) is 77.4 Å². The molecule has 0 spiro atoms. The highest BCUT2D eigenvalue weighted by Gasteiger charge is 2.25. The summed E-state index contributed by atoms with van der Waals surface area (Å²) >= 11 is 0. The van der Waals surface area contributed by atoms with E-state index in [-0.39, 0.29) is 18.9 Å². The molecule has 3 rings (SSSR count). The molecule has 5 nitrogen and oxygen atoms in total. The van der Waals surface area contributed by atoms with E-state index in [0.717, 1.165) is 33.2 Å². The van der Waals surface area contributed by atoms with Gasteiger partial charge in [0.25, 0.3) is 0 Å². The Morgan fingerprint density at radius 3 is 2.55 bits per heavy atom. The van der Waals surface area contributed by atoms with E-state index in [1.54, 1.807) is 14.0 Å². The fourth-order valence-electron chi connectivity index (χ4n) is 3.36. The van der Waals surface area contributed by atoms with Gasteiger partial charge >= 0.3 is 5.97 Å². The predicted molar refractivity (Wildman–Crippen MR) is 113 cm³/mol. The number of aryl methyl sites for hydroxylation is 1. The maximum Gasteiger partial charge on any atom is 0.333 e. The Balaban J connectivity index is 1.88. The molecule has 0 aliphatic heterocycles. The number of carbonyl (C=O) groups is 2. The average molecular weight is 391 g/mol. The van der Waals surface area contributed by atoms with Gasteiger partial charge in [0.2, 0.25) is 5.91 Å². The first kappa shape index (κ1) is 20.4. The molecule has 1 atom stereocenters. The van der Waals surface area contributed by atoms with E-state index in [9.17, 15) is 9.59 Å². The third-order valence-electron chi connectivity index (χ3n) is 4.80. The zero-order chi connectivity index (χ0) is 20.8. The van der Waals surface area contributed by atoms with Crippen LogP contribution in [0.5, 0.6) is 5.75 Å². The van der Waals surface area contributed by atoms with E-state index in [2.05, 4.69) is 5.32 Å². The summed E-state index contributed by atoms with van der Waals surface area (Å²) in [7, 11) is 1.60. The highest BCUT2D eigenvalue weighted by atomic mass is 16.5. The number of hydrogen-bond donors (Lipinski definition) is 1. The molecule has 1 amide bonds. The SMILES string of the molecule is CCOC(=O)C(NC(=O)Cc1ccc(C)c(OC)c1)c1cccc2ccccc12. The van der Waals surface area contributed by atoms with Crippen molar-refractivity contribution in [3.63, 3.8) is 0 Å². The molecule has 29 heavy (non-hydrogen) atoms. The van der Waals surface area contributed by atoms with E-state index in [1.165, 1.54) is 0 Å². The quantitative estimate of drug-likeness (QED) is 0.616.